The lowest BCUT2D eigenvalue weighted by molar-refractivity contribution is -0.143. The third-order valence-corrected chi connectivity index (χ3v) is 11.1. The lowest BCUT2D eigenvalue weighted by Gasteiger charge is -2.43. The molecule has 0 saturated carbocycles. The molecule has 0 unspecified atom stereocenters. The number of anilines is 2. The van der Waals surface area contributed by atoms with Gasteiger partial charge < -0.3 is 30.1 Å². The summed E-state index contributed by atoms with van der Waals surface area (Å²) < 4.78 is 6.02. The van der Waals surface area contributed by atoms with Crippen LogP contribution in [0.2, 0.25) is 5.02 Å². The molecule has 3 fully saturated rings. The number of rotatable bonds is 6. The fourth-order valence-corrected chi connectivity index (χ4v) is 8.14. The van der Waals surface area contributed by atoms with Gasteiger partial charge in [0, 0.05) is 63.3 Å². The van der Waals surface area contributed by atoms with Crippen molar-refractivity contribution in [2.75, 3.05) is 70.5 Å². The van der Waals surface area contributed by atoms with E-state index in [1.807, 2.05) is 34.2 Å². The first kappa shape index (κ1) is 31.9. The predicted molar refractivity (Wildman–Crippen MR) is 177 cm³/mol. The number of carbonyl (C=O) groups excluding carboxylic acids is 3. The zero-order chi connectivity index (χ0) is 31.7. The number of piperidine rings is 2. The summed E-state index contributed by atoms with van der Waals surface area (Å²) in [7, 11) is 2.17. The molecule has 13 heteroatoms. The molecule has 4 aliphatic heterocycles. The number of carbonyl (C=O) groups is 3. The Morgan fingerprint density at radius 3 is 2.40 bits per heavy atom. The van der Waals surface area contributed by atoms with Gasteiger partial charge in [-0.05, 0) is 81.4 Å². The number of amides is 4. The first-order valence-corrected chi connectivity index (χ1v) is 17.3. The topological polar surface area (TPSA) is 115 Å². The highest BCUT2D eigenvalue weighted by molar-refractivity contribution is 7.14. The number of likely N-dealkylation sites (tertiary alicyclic amines) is 2. The summed E-state index contributed by atoms with van der Waals surface area (Å²) in [6.45, 7) is 8.40. The molecule has 0 radical (unpaired) electrons. The second kappa shape index (κ2) is 13.7. The van der Waals surface area contributed by atoms with Gasteiger partial charge in [0.15, 0.2) is 6.10 Å². The van der Waals surface area contributed by atoms with Crippen LogP contribution in [0.15, 0.2) is 23.6 Å². The van der Waals surface area contributed by atoms with E-state index in [1.54, 1.807) is 11.0 Å². The number of nitrogens with two attached hydrogens (primary N) is 1. The molecule has 1 aromatic carbocycles. The lowest BCUT2D eigenvalue weighted by atomic mass is 10.0. The maximum Gasteiger partial charge on any atom is 0.410 e. The lowest BCUT2D eigenvalue weighted by Crippen LogP contribution is -2.56. The zero-order valence-electron chi connectivity index (χ0n) is 26.2. The Balaban J connectivity index is 1.09. The fourth-order valence-electron chi connectivity index (χ4n) is 7.05. The van der Waals surface area contributed by atoms with Crippen LogP contribution in [-0.2, 0) is 22.5 Å². The summed E-state index contributed by atoms with van der Waals surface area (Å²) in [6, 6.07) is 6.19. The van der Waals surface area contributed by atoms with E-state index < -0.39 is 12.2 Å². The number of piperazine rings is 1. The van der Waals surface area contributed by atoms with Crippen LogP contribution in [0, 0.1) is 6.92 Å². The number of benzene rings is 1. The van der Waals surface area contributed by atoms with Gasteiger partial charge in [0.05, 0.1) is 17.3 Å². The molecule has 0 spiro atoms. The molecule has 4 amide bonds. The van der Waals surface area contributed by atoms with Crippen molar-refractivity contribution in [1.82, 2.24) is 24.5 Å². The minimum atomic E-state index is -0.978. The van der Waals surface area contributed by atoms with Crippen molar-refractivity contribution in [3.05, 3.63) is 45.3 Å². The normalized spacial score (nSPS) is 21.4. The van der Waals surface area contributed by atoms with Crippen LogP contribution < -0.4 is 11.1 Å². The molecule has 3 saturated heterocycles. The average Bonchev–Trinajstić information content (AvgIpc) is 3.50. The van der Waals surface area contributed by atoms with Gasteiger partial charge in [-0.3, -0.25) is 15.0 Å². The van der Waals surface area contributed by atoms with E-state index in [4.69, 9.17) is 22.1 Å². The van der Waals surface area contributed by atoms with E-state index in [0.717, 1.165) is 60.7 Å². The second-order valence-corrected chi connectivity index (χ2v) is 14.2. The number of nitrogens with one attached hydrogen (secondary N) is 1. The maximum absolute atomic E-state index is 14.0. The van der Waals surface area contributed by atoms with Crippen LogP contribution in [0.25, 0.3) is 0 Å². The van der Waals surface area contributed by atoms with Crippen molar-refractivity contribution >= 4 is 51.7 Å². The monoisotopic (exact) mass is 657 g/mol. The van der Waals surface area contributed by atoms with Crippen molar-refractivity contribution in [3.63, 3.8) is 0 Å². The zero-order valence-corrected chi connectivity index (χ0v) is 27.7. The first-order chi connectivity index (χ1) is 21.7. The van der Waals surface area contributed by atoms with E-state index in [-0.39, 0.29) is 24.4 Å². The Morgan fingerprint density at radius 1 is 1.02 bits per heavy atom. The molecule has 0 bridgehead atoms. The van der Waals surface area contributed by atoms with Crippen LogP contribution in [0.1, 0.15) is 42.4 Å². The van der Waals surface area contributed by atoms with Gasteiger partial charge in [-0.15, -0.1) is 11.3 Å². The number of aryl methyl sites for hydroxylation is 1. The summed E-state index contributed by atoms with van der Waals surface area (Å²) in [5, 5.41) is 6.31. The van der Waals surface area contributed by atoms with Gasteiger partial charge in [-0.25, -0.2) is 9.59 Å². The van der Waals surface area contributed by atoms with E-state index >= 15 is 0 Å². The number of thiophene rings is 1. The Bertz CT molecular complexity index is 1370. The highest BCUT2D eigenvalue weighted by Crippen LogP contribution is 2.32. The van der Waals surface area contributed by atoms with E-state index in [2.05, 4.69) is 22.2 Å². The molecule has 2 aromatic rings. The van der Waals surface area contributed by atoms with Crippen LogP contribution in [0.5, 0.6) is 0 Å². The van der Waals surface area contributed by atoms with E-state index in [9.17, 15) is 14.4 Å². The number of nitrogens with zero attached hydrogens (tertiary/aromatic N) is 5. The molecular weight excluding hydrogens is 614 g/mol. The van der Waals surface area contributed by atoms with E-state index in [0.29, 0.717) is 62.3 Å². The van der Waals surface area contributed by atoms with Crippen molar-refractivity contribution in [1.29, 1.82) is 0 Å². The van der Waals surface area contributed by atoms with Crippen molar-refractivity contribution in [3.8, 4) is 0 Å². The Hall–Kier alpha value is -3.06. The first-order valence-electron chi connectivity index (χ1n) is 16.0. The smallest absolute Gasteiger partial charge is 0.410 e. The number of nitrogen functional groups attached to an aromatic ring is 1. The van der Waals surface area contributed by atoms with E-state index in [1.165, 1.54) is 11.3 Å². The van der Waals surface area contributed by atoms with Gasteiger partial charge in [0.2, 0.25) is 0 Å². The minimum absolute atomic E-state index is 0.0280. The molecule has 244 valence electrons. The molecule has 0 aliphatic carbocycles. The number of hydrogen-bond acceptors (Lipinski definition) is 8. The third-order valence-electron chi connectivity index (χ3n) is 9.90. The number of urea groups is 1. The van der Waals surface area contributed by atoms with Gasteiger partial charge >= 0.3 is 12.1 Å². The summed E-state index contributed by atoms with van der Waals surface area (Å²) in [6.07, 6.45) is 2.32. The predicted octanol–water partition coefficient (Wildman–Crippen LogP) is 4.09. The summed E-state index contributed by atoms with van der Waals surface area (Å²) in [5.41, 5.74) is 9.32. The van der Waals surface area contributed by atoms with Crippen LogP contribution in [-0.4, -0.2) is 120 Å². The number of ether oxygens (including phenoxy) is 1. The Labute approximate surface area is 274 Å². The van der Waals surface area contributed by atoms with Crippen LogP contribution >= 0.6 is 22.9 Å². The SMILES string of the molecule is Cc1cc(C[C@@H](OC(=O)N2CCC(N3Cc4ccsc4NC3=O)CC2)C(=O)N2CCN(C3CCN(C)CC3)CC2)cc(Cl)c1N. The van der Waals surface area contributed by atoms with Gasteiger partial charge in [-0.1, -0.05) is 17.7 Å². The second-order valence-electron chi connectivity index (χ2n) is 12.8. The minimum Gasteiger partial charge on any atom is -0.436 e. The van der Waals surface area contributed by atoms with Gasteiger partial charge in [0.1, 0.15) is 5.00 Å². The average molecular weight is 658 g/mol. The molecular formula is C32H44ClN7O4S. The van der Waals surface area contributed by atoms with Crippen molar-refractivity contribution in [2.24, 2.45) is 0 Å². The summed E-state index contributed by atoms with van der Waals surface area (Å²) in [4.78, 5) is 50.5. The molecule has 4 aliphatic rings. The number of hydrogen-bond donors (Lipinski definition) is 2. The standard InChI is InChI=1S/C32H44ClN7O4S/c1-21-17-22(18-26(33)28(21)34)19-27(30(41)38-14-12-37(13-15-38)24-3-8-36(2)9-4-24)44-32(43)39-10-5-25(6-11-39)40-20-23-7-16-45-29(23)35-31(40)42/h7,16-18,24-25,27H,3-6,8-15,19-20,34H2,1-2H3,(H,35,42)/t27-/m1/s1. The third kappa shape index (κ3) is 7.19. The molecule has 11 nitrogen and oxygen atoms in total. The summed E-state index contributed by atoms with van der Waals surface area (Å²) >= 11 is 7.92. The molecule has 1 atom stereocenters. The highest BCUT2D eigenvalue weighted by atomic mass is 35.5. The highest BCUT2D eigenvalue weighted by Gasteiger charge is 2.37. The Morgan fingerprint density at radius 2 is 1.71 bits per heavy atom. The molecule has 5 heterocycles. The molecule has 6 rings (SSSR count). The largest absolute Gasteiger partial charge is 0.436 e. The Kier molecular flexibility index (Phi) is 9.74. The van der Waals surface area contributed by atoms with Gasteiger partial charge in [-0.2, -0.15) is 0 Å². The maximum atomic E-state index is 14.0. The number of halogens is 1. The van der Waals surface area contributed by atoms with Crippen LogP contribution in [0.3, 0.4) is 0 Å². The fraction of sp³-hybridized carbons (Fsp3) is 0.594. The molecule has 45 heavy (non-hydrogen) atoms. The van der Waals surface area contributed by atoms with Gasteiger partial charge in [0.25, 0.3) is 5.91 Å². The number of fused-ring (bicyclic) bond motifs is 1. The van der Waals surface area contributed by atoms with Crippen molar-refractivity contribution in [2.45, 2.75) is 63.8 Å². The quantitative estimate of drug-likeness (QED) is 0.450. The summed E-state index contributed by atoms with van der Waals surface area (Å²) in [5.74, 6) is -0.177. The molecule has 1 aromatic heterocycles. The molecule has 3 N–H and O–H groups in total. The van der Waals surface area contributed by atoms with Crippen molar-refractivity contribution < 1.29 is 19.1 Å². The van der Waals surface area contributed by atoms with Crippen LogP contribution in [0.4, 0.5) is 20.3 Å².